The molecule has 2 aromatic carbocycles. The summed E-state index contributed by atoms with van der Waals surface area (Å²) in [7, 11) is 0. The molecule has 1 unspecified atom stereocenters. The third-order valence-corrected chi connectivity index (χ3v) is 3.18. The highest BCUT2D eigenvalue weighted by atomic mass is 16.5. The Morgan fingerprint density at radius 1 is 1.06 bits per heavy atom. The Balaban J connectivity index is 1.99. The molecule has 0 radical (unpaired) electrons. The van der Waals surface area contributed by atoms with Crippen LogP contribution in [-0.4, -0.2) is 6.61 Å². The zero-order chi connectivity index (χ0) is 12.1. The number of benzene rings is 2. The van der Waals surface area contributed by atoms with E-state index in [1.54, 1.807) is 0 Å². The van der Waals surface area contributed by atoms with Crippen molar-refractivity contribution >= 4 is 10.8 Å². The highest BCUT2D eigenvalue weighted by Crippen LogP contribution is 2.16. The first-order valence-corrected chi connectivity index (χ1v) is 6.35. The van der Waals surface area contributed by atoms with Gasteiger partial charge in [-0.2, -0.15) is 0 Å². The Hall–Kier alpha value is -1.34. The van der Waals surface area contributed by atoms with Crippen LogP contribution in [0.3, 0.4) is 0 Å². The van der Waals surface area contributed by atoms with Crippen LogP contribution in [0.2, 0.25) is 0 Å². The van der Waals surface area contributed by atoms with E-state index >= 15 is 0 Å². The van der Waals surface area contributed by atoms with Crippen molar-refractivity contribution in [3.8, 4) is 0 Å². The van der Waals surface area contributed by atoms with Gasteiger partial charge in [0.15, 0.2) is 0 Å². The smallest absolute Gasteiger partial charge is 0.0717 e. The second-order valence-electron chi connectivity index (χ2n) is 4.71. The normalized spacial score (nSPS) is 12.8. The van der Waals surface area contributed by atoms with Gasteiger partial charge in [0.25, 0.3) is 0 Å². The van der Waals surface area contributed by atoms with E-state index in [1.807, 2.05) is 0 Å². The van der Waals surface area contributed by atoms with Crippen LogP contribution >= 0.6 is 0 Å². The Bertz CT molecular complexity index is 476. The molecule has 0 aliphatic heterocycles. The zero-order valence-electron chi connectivity index (χ0n) is 10.6. The molecule has 0 aliphatic rings. The van der Waals surface area contributed by atoms with Crippen molar-refractivity contribution in [3.05, 3.63) is 48.0 Å². The lowest BCUT2D eigenvalue weighted by atomic mass is 10.1. The molecule has 0 aromatic heterocycles. The summed E-state index contributed by atoms with van der Waals surface area (Å²) in [6, 6.07) is 15.0. The van der Waals surface area contributed by atoms with E-state index in [9.17, 15) is 0 Å². The van der Waals surface area contributed by atoms with Crippen molar-refractivity contribution in [1.82, 2.24) is 0 Å². The summed E-state index contributed by atoms with van der Waals surface area (Å²) in [4.78, 5) is 0. The van der Waals surface area contributed by atoms with Crippen LogP contribution in [0.25, 0.3) is 10.8 Å². The zero-order valence-corrected chi connectivity index (χ0v) is 10.6. The number of rotatable bonds is 5. The van der Waals surface area contributed by atoms with Crippen molar-refractivity contribution in [2.75, 3.05) is 6.61 Å². The van der Waals surface area contributed by atoms with Gasteiger partial charge < -0.3 is 4.74 Å². The van der Waals surface area contributed by atoms with Crippen molar-refractivity contribution in [2.45, 2.75) is 26.9 Å². The number of hydrogen-bond donors (Lipinski definition) is 0. The lowest BCUT2D eigenvalue weighted by molar-refractivity contribution is 0.0911. The molecule has 0 N–H and O–H groups in total. The maximum Gasteiger partial charge on any atom is 0.0717 e. The highest BCUT2D eigenvalue weighted by Gasteiger charge is 2.00. The molecule has 0 aliphatic carbocycles. The minimum Gasteiger partial charge on any atom is -0.376 e. The highest BCUT2D eigenvalue weighted by molar-refractivity contribution is 5.82. The topological polar surface area (TPSA) is 9.23 Å². The number of fused-ring (bicyclic) bond motifs is 1. The molecule has 0 amide bonds. The maximum absolute atomic E-state index is 5.72. The van der Waals surface area contributed by atoms with Gasteiger partial charge >= 0.3 is 0 Å². The van der Waals surface area contributed by atoms with Crippen molar-refractivity contribution in [1.29, 1.82) is 0 Å². The van der Waals surface area contributed by atoms with Crippen LogP contribution in [0.5, 0.6) is 0 Å². The molecule has 2 aromatic rings. The predicted molar refractivity (Wildman–Crippen MR) is 73.1 cm³/mol. The summed E-state index contributed by atoms with van der Waals surface area (Å²) in [5.41, 5.74) is 1.26. The molecule has 0 spiro atoms. The molecule has 1 heteroatoms. The first-order chi connectivity index (χ1) is 8.29. The maximum atomic E-state index is 5.72. The Labute approximate surface area is 103 Å². The largest absolute Gasteiger partial charge is 0.376 e. The first-order valence-electron chi connectivity index (χ1n) is 6.35. The number of ether oxygens (including phenoxy) is 1. The van der Waals surface area contributed by atoms with Crippen LogP contribution in [0, 0.1) is 5.92 Å². The van der Waals surface area contributed by atoms with Crippen molar-refractivity contribution in [2.24, 2.45) is 5.92 Å². The Morgan fingerprint density at radius 2 is 1.82 bits per heavy atom. The molecular formula is C16H20O. The minimum absolute atomic E-state index is 0.649. The van der Waals surface area contributed by atoms with E-state index in [-0.39, 0.29) is 0 Å². The van der Waals surface area contributed by atoms with Gasteiger partial charge in [-0.25, -0.2) is 0 Å². The minimum atomic E-state index is 0.649. The average molecular weight is 228 g/mol. The fraction of sp³-hybridized carbons (Fsp3) is 0.375. The molecular weight excluding hydrogens is 208 g/mol. The molecule has 0 bridgehead atoms. The fourth-order valence-electron chi connectivity index (χ4n) is 1.82. The van der Waals surface area contributed by atoms with Gasteiger partial charge in [-0.3, -0.25) is 0 Å². The van der Waals surface area contributed by atoms with Crippen LogP contribution in [0.15, 0.2) is 42.5 Å². The lowest BCUT2D eigenvalue weighted by Gasteiger charge is -2.09. The molecule has 2 rings (SSSR count). The third kappa shape index (κ3) is 3.31. The molecule has 0 fully saturated rings. The Kier molecular flexibility index (Phi) is 4.16. The van der Waals surface area contributed by atoms with E-state index in [1.165, 1.54) is 22.8 Å². The average Bonchev–Trinajstić information content (AvgIpc) is 2.38. The predicted octanol–water partition coefficient (Wildman–Crippen LogP) is 4.40. The lowest BCUT2D eigenvalue weighted by Crippen LogP contribution is -2.04. The van der Waals surface area contributed by atoms with Gasteiger partial charge in [-0.1, -0.05) is 56.7 Å². The summed E-state index contributed by atoms with van der Waals surface area (Å²) in [6.07, 6.45) is 1.18. The van der Waals surface area contributed by atoms with Gasteiger partial charge in [0, 0.05) is 6.61 Å². The molecule has 1 nitrogen and oxygen atoms in total. The van der Waals surface area contributed by atoms with Crippen LogP contribution in [0.4, 0.5) is 0 Å². The quantitative estimate of drug-likeness (QED) is 0.737. The molecule has 0 heterocycles. The molecule has 90 valence electrons. The van der Waals surface area contributed by atoms with E-state index in [0.29, 0.717) is 5.92 Å². The first kappa shape index (κ1) is 12.1. The van der Waals surface area contributed by atoms with Crippen LogP contribution in [-0.2, 0) is 11.3 Å². The second kappa shape index (κ2) is 5.83. The van der Waals surface area contributed by atoms with Crippen LogP contribution in [0.1, 0.15) is 25.8 Å². The standard InChI is InChI=1S/C16H20O/c1-3-13(2)11-17-12-14-8-9-15-6-4-5-7-16(15)10-14/h4-10,13H,3,11-12H2,1-2H3. The van der Waals surface area contributed by atoms with Gasteiger partial charge in [0.2, 0.25) is 0 Å². The molecule has 0 saturated heterocycles. The van der Waals surface area contributed by atoms with E-state index in [2.05, 4.69) is 56.3 Å². The van der Waals surface area contributed by atoms with E-state index < -0.39 is 0 Å². The third-order valence-electron chi connectivity index (χ3n) is 3.18. The van der Waals surface area contributed by atoms with Crippen molar-refractivity contribution < 1.29 is 4.74 Å². The molecule has 0 saturated carbocycles. The molecule has 17 heavy (non-hydrogen) atoms. The monoisotopic (exact) mass is 228 g/mol. The molecule has 1 atom stereocenters. The Morgan fingerprint density at radius 3 is 2.59 bits per heavy atom. The van der Waals surface area contributed by atoms with Gasteiger partial charge in [0.1, 0.15) is 0 Å². The second-order valence-corrected chi connectivity index (χ2v) is 4.71. The summed E-state index contributed by atoms with van der Waals surface area (Å²) in [6.45, 7) is 5.99. The van der Waals surface area contributed by atoms with Gasteiger partial charge in [-0.05, 0) is 28.3 Å². The van der Waals surface area contributed by atoms with Gasteiger partial charge in [0.05, 0.1) is 6.61 Å². The van der Waals surface area contributed by atoms with Gasteiger partial charge in [-0.15, -0.1) is 0 Å². The SMILES string of the molecule is CCC(C)COCc1ccc2ccccc2c1. The van der Waals surface area contributed by atoms with E-state index in [0.717, 1.165) is 13.2 Å². The van der Waals surface area contributed by atoms with Crippen LogP contribution < -0.4 is 0 Å². The summed E-state index contributed by atoms with van der Waals surface area (Å²) in [5, 5.41) is 2.58. The summed E-state index contributed by atoms with van der Waals surface area (Å²) < 4.78 is 5.72. The van der Waals surface area contributed by atoms with Crippen molar-refractivity contribution in [3.63, 3.8) is 0 Å². The summed E-state index contributed by atoms with van der Waals surface area (Å²) in [5.74, 6) is 0.649. The number of hydrogen-bond acceptors (Lipinski definition) is 1. The summed E-state index contributed by atoms with van der Waals surface area (Å²) >= 11 is 0. The van der Waals surface area contributed by atoms with E-state index in [4.69, 9.17) is 4.74 Å². The fourth-order valence-corrected chi connectivity index (χ4v) is 1.82.